The lowest BCUT2D eigenvalue weighted by molar-refractivity contribution is 0.233. The molecule has 0 radical (unpaired) electrons. The number of imidazole rings is 1. The van der Waals surface area contributed by atoms with Gasteiger partial charge in [0.15, 0.2) is 11.6 Å². The number of piperazine rings is 1. The van der Waals surface area contributed by atoms with E-state index in [9.17, 15) is 0 Å². The zero-order valence-electron chi connectivity index (χ0n) is 20.5. The van der Waals surface area contributed by atoms with Crippen molar-refractivity contribution in [3.8, 4) is 11.3 Å². The Hall–Kier alpha value is -3.34. The van der Waals surface area contributed by atoms with E-state index in [-0.39, 0.29) is 23.9 Å². The first-order chi connectivity index (χ1) is 17.7. The molecule has 194 valence electrons. The summed E-state index contributed by atoms with van der Waals surface area (Å²) >= 11 is 0. The van der Waals surface area contributed by atoms with Crippen molar-refractivity contribution in [2.24, 2.45) is 5.92 Å². The Morgan fingerprint density at radius 2 is 1.92 bits per heavy atom. The van der Waals surface area contributed by atoms with Crippen molar-refractivity contribution < 1.29 is 4.39 Å². The summed E-state index contributed by atoms with van der Waals surface area (Å²) in [6, 6.07) is 9.66. The molecule has 1 aliphatic carbocycles. The third-order valence-electron chi connectivity index (χ3n) is 7.01. The Kier molecular flexibility index (Phi) is 7.78. The Labute approximate surface area is 221 Å². The number of rotatable bonds is 8. The van der Waals surface area contributed by atoms with E-state index in [1.165, 1.54) is 31.2 Å². The minimum Gasteiger partial charge on any atom is -0.367 e. The summed E-state index contributed by atoms with van der Waals surface area (Å²) < 4.78 is 15.2. The second-order valence-corrected chi connectivity index (χ2v) is 9.58. The summed E-state index contributed by atoms with van der Waals surface area (Å²) in [4.78, 5) is 23.1. The maximum Gasteiger partial charge on any atom is 0.206 e. The van der Waals surface area contributed by atoms with Gasteiger partial charge in [-0.1, -0.05) is 12.5 Å². The van der Waals surface area contributed by atoms with Crippen LogP contribution in [0.5, 0.6) is 0 Å². The van der Waals surface area contributed by atoms with Crippen LogP contribution in [0.4, 0.5) is 22.0 Å². The number of aromatic nitrogens is 5. The first-order valence-electron chi connectivity index (χ1n) is 12.6. The number of nitrogens with zero attached hydrogens (tertiary/aromatic N) is 5. The van der Waals surface area contributed by atoms with Crippen LogP contribution in [0.25, 0.3) is 22.3 Å². The number of pyridine rings is 1. The molecular weight excluding hydrogens is 493 g/mol. The lowest BCUT2D eigenvalue weighted by Crippen LogP contribution is -2.42. The van der Waals surface area contributed by atoms with Crippen LogP contribution in [0.2, 0.25) is 0 Å². The van der Waals surface area contributed by atoms with Gasteiger partial charge in [0.1, 0.15) is 17.8 Å². The lowest BCUT2D eigenvalue weighted by Gasteiger charge is -2.27. The maximum atomic E-state index is 15.2. The highest BCUT2D eigenvalue weighted by Gasteiger charge is 2.19. The Morgan fingerprint density at radius 3 is 2.73 bits per heavy atom. The molecule has 4 heterocycles. The summed E-state index contributed by atoms with van der Waals surface area (Å²) in [5.41, 5.74) is 3.70. The van der Waals surface area contributed by atoms with Crippen LogP contribution in [0.15, 0.2) is 42.9 Å². The van der Waals surface area contributed by atoms with E-state index >= 15 is 4.39 Å². The molecule has 9 nitrogen and oxygen atoms in total. The molecule has 0 unspecified atom stereocenters. The van der Waals surface area contributed by atoms with Crippen LogP contribution in [-0.4, -0.2) is 62.5 Å². The largest absolute Gasteiger partial charge is 0.367 e. The number of benzene rings is 1. The first-order valence-corrected chi connectivity index (χ1v) is 12.6. The van der Waals surface area contributed by atoms with Gasteiger partial charge in [0.25, 0.3) is 0 Å². The van der Waals surface area contributed by atoms with Gasteiger partial charge in [0.2, 0.25) is 5.95 Å². The molecule has 0 bridgehead atoms. The molecule has 4 aromatic rings. The number of halogens is 2. The summed E-state index contributed by atoms with van der Waals surface area (Å²) in [6.07, 6.45) is 6.85. The molecule has 1 aliphatic heterocycles. The minimum atomic E-state index is -0.431. The van der Waals surface area contributed by atoms with Gasteiger partial charge in [-0.3, -0.25) is 4.90 Å². The van der Waals surface area contributed by atoms with E-state index < -0.39 is 5.82 Å². The van der Waals surface area contributed by atoms with Crippen LogP contribution < -0.4 is 16.0 Å². The van der Waals surface area contributed by atoms with Gasteiger partial charge in [-0.05, 0) is 48.6 Å². The van der Waals surface area contributed by atoms with Crippen molar-refractivity contribution in [3.05, 3.63) is 54.2 Å². The van der Waals surface area contributed by atoms with Crippen molar-refractivity contribution in [3.63, 3.8) is 0 Å². The van der Waals surface area contributed by atoms with Gasteiger partial charge in [0, 0.05) is 51.0 Å². The van der Waals surface area contributed by atoms with Crippen molar-refractivity contribution in [2.75, 3.05) is 43.4 Å². The summed E-state index contributed by atoms with van der Waals surface area (Å²) in [6.45, 7) is 5.77. The molecule has 3 aromatic heterocycles. The zero-order valence-corrected chi connectivity index (χ0v) is 21.3. The van der Waals surface area contributed by atoms with Crippen LogP contribution in [0.3, 0.4) is 0 Å². The Bertz CT molecular complexity index is 1350. The molecule has 37 heavy (non-hydrogen) atoms. The van der Waals surface area contributed by atoms with Crippen molar-refractivity contribution in [1.29, 1.82) is 0 Å². The smallest absolute Gasteiger partial charge is 0.206 e. The normalized spacial score (nSPS) is 16.2. The van der Waals surface area contributed by atoms with Gasteiger partial charge in [-0.15, -0.1) is 12.4 Å². The predicted molar refractivity (Wildman–Crippen MR) is 146 cm³/mol. The third-order valence-corrected chi connectivity index (χ3v) is 7.01. The molecule has 11 heteroatoms. The lowest BCUT2D eigenvalue weighted by atomic mass is 9.85. The van der Waals surface area contributed by atoms with E-state index in [1.807, 2.05) is 30.5 Å². The standard InChI is InChI=1S/C26H30FN9.ClH/c27-23-24(31-16-32-25(23)30-14-17-2-1-3-17)19-4-5-20-21(13-19)34-26(33-20)35-22-12-18(6-7-29-22)15-36-10-8-28-9-11-36;/h4-7,12-13,16-17,28H,1-3,8-11,14-15H2,(H,30,31,32)(H2,29,33,34,35);1H. The van der Waals surface area contributed by atoms with E-state index in [4.69, 9.17) is 0 Å². The van der Waals surface area contributed by atoms with Crippen molar-refractivity contribution in [1.82, 2.24) is 35.1 Å². The predicted octanol–water partition coefficient (Wildman–Crippen LogP) is 4.34. The second-order valence-electron chi connectivity index (χ2n) is 9.58. The zero-order chi connectivity index (χ0) is 24.3. The fourth-order valence-electron chi connectivity index (χ4n) is 4.74. The molecule has 2 aliphatic rings. The third kappa shape index (κ3) is 5.82. The molecular formula is C26H31ClFN9. The summed E-state index contributed by atoms with van der Waals surface area (Å²) in [5.74, 6) is 1.74. The average Bonchev–Trinajstić information content (AvgIpc) is 3.26. The molecule has 1 aromatic carbocycles. The van der Waals surface area contributed by atoms with E-state index in [1.54, 1.807) is 0 Å². The average molecular weight is 524 g/mol. The maximum absolute atomic E-state index is 15.2. The molecule has 2 fully saturated rings. The first kappa shape index (κ1) is 25.3. The van der Waals surface area contributed by atoms with Gasteiger partial charge < -0.3 is 20.9 Å². The topological polar surface area (TPSA) is 107 Å². The van der Waals surface area contributed by atoms with Crippen LogP contribution in [-0.2, 0) is 6.54 Å². The van der Waals surface area contributed by atoms with E-state index in [0.717, 1.165) is 56.1 Å². The fraction of sp³-hybridized carbons (Fsp3) is 0.385. The van der Waals surface area contributed by atoms with Crippen molar-refractivity contribution >= 4 is 41.0 Å². The summed E-state index contributed by atoms with van der Waals surface area (Å²) in [5, 5.41) is 9.81. The number of fused-ring (bicyclic) bond motifs is 1. The van der Waals surface area contributed by atoms with Gasteiger partial charge in [0.05, 0.1) is 11.0 Å². The SMILES string of the molecule is Cl.Fc1c(NCC2CCC2)ncnc1-c1ccc2nc(Nc3cc(CN4CCNCC4)ccn3)[nH]c2c1. The number of aromatic amines is 1. The molecule has 0 spiro atoms. The number of H-pyrrole nitrogens is 1. The molecule has 6 rings (SSSR count). The van der Waals surface area contributed by atoms with Crippen LogP contribution in [0, 0.1) is 11.7 Å². The second kappa shape index (κ2) is 11.4. The van der Waals surface area contributed by atoms with Crippen molar-refractivity contribution in [2.45, 2.75) is 25.8 Å². The van der Waals surface area contributed by atoms with Crippen LogP contribution >= 0.6 is 12.4 Å². The van der Waals surface area contributed by atoms with Crippen LogP contribution in [0.1, 0.15) is 24.8 Å². The highest BCUT2D eigenvalue weighted by Crippen LogP contribution is 2.29. The summed E-state index contributed by atoms with van der Waals surface area (Å²) in [7, 11) is 0. The fourth-order valence-corrected chi connectivity index (χ4v) is 4.74. The van der Waals surface area contributed by atoms with E-state index in [2.05, 4.69) is 51.8 Å². The molecule has 0 amide bonds. The number of anilines is 3. The number of nitrogens with one attached hydrogen (secondary N) is 4. The van der Waals surface area contributed by atoms with Gasteiger partial charge in [-0.25, -0.2) is 24.3 Å². The number of hydrogen-bond donors (Lipinski definition) is 4. The minimum absolute atomic E-state index is 0. The Morgan fingerprint density at radius 1 is 1.05 bits per heavy atom. The molecule has 1 saturated carbocycles. The van der Waals surface area contributed by atoms with Gasteiger partial charge >= 0.3 is 0 Å². The van der Waals surface area contributed by atoms with Gasteiger partial charge in [-0.2, -0.15) is 0 Å². The highest BCUT2D eigenvalue weighted by molar-refractivity contribution is 5.85. The molecule has 4 N–H and O–H groups in total. The van der Waals surface area contributed by atoms with E-state index in [0.29, 0.717) is 17.4 Å². The Balaban J connectivity index is 0.00000280. The molecule has 1 saturated heterocycles. The highest BCUT2D eigenvalue weighted by atomic mass is 35.5. The number of hydrogen-bond acceptors (Lipinski definition) is 8. The monoisotopic (exact) mass is 523 g/mol. The molecule has 0 atom stereocenters. The quantitative estimate of drug-likeness (QED) is 0.270.